The number of unbranched alkanes of at least 4 members (excludes halogenated alkanes) is 2. The molecule has 0 fully saturated rings. The number of benzene rings is 1. The number of hydrogen-bond donors (Lipinski definition) is 0. The molecule has 3 nitrogen and oxygen atoms in total. The van der Waals surface area contributed by atoms with Crippen molar-refractivity contribution in [2.75, 3.05) is 13.2 Å². The summed E-state index contributed by atoms with van der Waals surface area (Å²) < 4.78 is 10.7. The summed E-state index contributed by atoms with van der Waals surface area (Å²) in [7, 11) is 0. The summed E-state index contributed by atoms with van der Waals surface area (Å²) in [6.07, 6.45) is 3.30. The van der Waals surface area contributed by atoms with Gasteiger partial charge in [-0.15, -0.1) is 0 Å². The van der Waals surface area contributed by atoms with Crippen molar-refractivity contribution in [1.29, 1.82) is 0 Å². The molecule has 1 aromatic carbocycles. The maximum Gasteiger partial charge on any atom is 0.341 e. The molecule has 1 aromatic rings. The summed E-state index contributed by atoms with van der Waals surface area (Å²) in [5.74, 6) is 0.313. The summed E-state index contributed by atoms with van der Waals surface area (Å²) in [4.78, 5) is 11.8. The smallest absolute Gasteiger partial charge is 0.341 e. The van der Waals surface area contributed by atoms with E-state index in [0.29, 0.717) is 24.5 Å². The number of ether oxygens (including phenoxy) is 2. The minimum Gasteiger partial charge on any atom is -0.493 e. The fraction of sp³-hybridized carbons (Fsp3) is 0.533. The van der Waals surface area contributed by atoms with Crippen LogP contribution in [0.2, 0.25) is 0 Å². The fourth-order valence-corrected chi connectivity index (χ4v) is 1.66. The molecule has 0 spiro atoms. The fourth-order valence-electron chi connectivity index (χ4n) is 1.66. The largest absolute Gasteiger partial charge is 0.493 e. The zero-order valence-electron chi connectivity index (χ0n) is 11.5. The molecular weight excluding hydrogens is 228 g/mol. The molecule has 0 amide bonds. The van der Waals surface area contributed by atoms with Gasteiger partial charge in [-0.3, -0.25) is 0 Å². The molecular formula is C15H22O3. The lowest BCUT2D eigenvalue weighted by Crippen LogP contribution is -2.08. The average molecular weight is 250 g/mol. The molecule has 0 saturated heterocycles. The molecule has 0 aliphatic heterocycles. The topological polar surface area (TPSA) is 35.5 Å². The second-order valence-corrected chi connectivity index (χ2v) is 4.28. The van der Waals surface area contributed by atoms with Gasteiger partial charge >= 0.3 is 5.97 Å². The van der Waals surface area contributed by atoms with Crippen molar-refractivity contribution < 1.29 is 14.3 Å². The molecule has 100 valence electrons. The van der Waals surface area contributed by atoms with Crippen LogP contribution in [0.5, 0.6) is 5.75 Å². The van der Waals surface area contributed by atoms with Crippen molar-refractivity contribution in [3.63, 3.8) is 0 Å². The monoisotopic (exact) mass is 250 g/mol. The summed E-state index contributed by atoms with van der Waals surface area (Å²) >= 11 is 0. The molecule has 0 heterocycles. The van der Waals surface area contributed by atoms with Gasteiger partial charge in [0.25, 0.3) is 0 Å². The van der Waals surface area contributed by atoms with Gasteiger partial charge < -0.3 is 9.47 Å². The predicted octanol–water partition coefficient (Wildman–Crippen LogP) is 3.74. The molecule has 0 bridgehead atoms. The highest BCUT2D eigenvalue weighted by Gasteiger charge is 2.13. The first-order valence-electron chi connectivity index (χ1n) is 6.59. The number of esters is 1. The van der Waals surface area contributed by atoms with Crippen molar-refractivity contribution in [3.05, 3.63) is 29.3 Å². The van der Waals surface area contributed by atoms with E-state index in [1.807, 2.05) is 19.1 Å². The Bertz CT molecular complexity index is 385. The second-order valence-electron chi connectivity index (χ2n) is 4.28. The Kier molecular flexibility index (Phi) is 6.26. The summed E-state index contributed by atoms with van der Waals surface area (Å²) in [6, 6.07) is 5.55. The van der Waals surface area contributed by atoms with Crippen LogP contribution < -0.4 is 4.74 Å². The van der Waals surface area contributed by atoms with Crippen molar-refractivity contribution in [2.24, 2.45) is 0 Å². The lowest BCUT2D eigenvalue weighted by Gasteiger charge is -2.11. The quantitative estimate of drug-likeness (QED) is 0.546. The van der Waals surface area contributed by atoms with E-state index >= 15 is 0 Å². The van der Waals surface area contributed by atoms with E-state index in [4.69, 9.17) is 9.47 Å². The lowest BCUT2D eigenvalue weighted by atomic mass is 10.1. The van der Waals surface area contributed by atoms with Gasteiger partial charge in [0.05, 0.1) is 13.2 Å². The van der Waals surface area contributed by atoms with E-state index in [2.05, 4.69) is 6.92 Å². The first-order chi connectivity index (χ1) is 8.69. The van der Waals surface area contributed by atoms with E-state index in [1.54, 1.807) is 13.0 Å². The van der Waals surface area contributed by atoms with Gasteiger partial charge in [0.2, 0.25) is 0 Å². The Labute approximate surface area is 109 Å². The molecule has 0 saturated carbocycles. The molecule has 0 N–H and O–H groups in total. The van der Waals surface area contributed by atoms with E-state index in [1.165, 1.54) is 0 Å². The van der Waals surface area contributed by atoms with Crippen LogP contribution in [0.3, 0.4) is 0 Å². The molecule has 0 aliphatic rings. The van der Waals surface area contributed by atoms with E-state index < -0.39 is 0 Å². The van der Waals surface area contributed by atoms with Crippen LogP contribution in [-0.2, 0) is 4.74 Å². The molecule has 0 aromatic heterocycles. The van der Waals surface area contributed by atoms with Crippen LogP contribution in [0.15, 0.2) is 18.2 Å². The Balaban J connectivity index is 2.73. The molecule has 3 heteroatoms. The van der Waals surface area contributed by atoms with E-state index in [-0.39, 0.29) is 5.97 Å². The standard InChI is InChI=1S/C15H22O3/c1-4-6-7-10-18-14-11-12(3)8-9-13(14)15(16)17-5-2/h8-9,11H,4-7,10H2,1-3H3. The van der Waals surface area contributed by atoms with Crippen LogP contribution in [0, 0.1) is 6.92 Å². The van der Waals surface area contributed by atoms with Gasteiger partial charge in [0.1, 0.15) is 11.3 Å². The molecule has 0 radical (unpaired) electrons. The third kappa shape index (κ3) is 4.40. The Morgan fingerprint density at radius 2 is 2.00 bits per heavy atom. The molecule has 0 unspecified atom stereocenters. The highest BCUT2D eigenvalue weighted by atomic mass is 16.5. The van der Waals surface area contributed by atoms with Gasteiger partial charge in [0.15, 0.2) is 0 Å². The van der Waals surface area contributed by atoms with Crippen molar-refractivity contribution in [1.82, 2.24) is 0 Å². The van der Waals surface area contributed by atoms with E-state index in [0.717, 1.165) is 24.8 Å². The minimum absolute atomic E-state index is 0.317. The van der Waals surface area contributed by atoms with Crippen LogP contribution >= 0.6 is 0 Å². The average Bonchev–Trinajstić information content (AvgIpc) is 2.35. The molecule has 0 atom stereocenters. The van der Waals surface area contributed by atoms with Crippen molar-refractivity contribution in [3.8, 4) is 5.75 Å². The number of hydrogen-bond acceptors (Lipinski definition) is 3. The maximum absolute atomic E-state index is 11.8. The minimum atomic E-state index is -0.317. The summed E-state index contributed by atoms with van der Waals surface area (Å²) in [5.41, 5.74) is 1.59. The number of carbonyl (C=O) groups is 1. The van der Waals surface area contributed by atoms with Gasteiger partial charge in [-0.2, -0.15) is 0 Å². The molecule has 0 aliphatic carbocycles. The Morgan fingerprint density at radius 1 is 1.22 bits per heavy atom. The Hall–Kier alpha value is -1.51. The molecule has 1 rings (SSSR count). The SMILES string of the molecule is CCCCCOc1cc(C)ccc1C(=O)OCC. The second kappa shape index (κ2) is 7.75. The van der Waals surface area contributed by atoms with E-state index in [9.17, 15) is 4.79 Å². The van der Waals surface area contributed by atoms with Crippen LogP contribution in [0.25, 0.3) is 0 Å². The van der Waals surface area contributed by atoms with Gasteiger partial charge in [0, 0.05) is 0 Å². The van der Waals surface area contributed by atoms with Crippen molar-refractivity contribution >= 4 is 5.97 Å². The predicted molar refractivity (Wildman–Crippen MR) is 72.2 cm³/mol. The zero-order valence-corrected chi connectivity index (χ0v) is 11.5. The van der Waals surface area contributed by atoms with Crippen LogP contribution in [-0.4, -0.2) is 19.2 Å². The van der Waals surface area contributed by atoms with Crippen LogP contribution in [0.4, 0.5) is 0 Å². The summed E-state index contributed by atoms with van der Waals surface area (Å²) in [6.45, 7) is 6.95. The third-order valence-corrected chi connectivity index (χ3v) is 2.64. The summed E-state index contributed by atoms with van der Waals surface area (Å²) in [5, 5.41) is 0. The highest BCUT2D eigenvalue weighted by Crippen LogP contribution is 2.21. The number of rotatable bonds is 7. The third-order valence-electron chi connectivity index (χ3n) is 2.64. The zero-order chi connectivity index (χ0) is 13.4. The van der Waals surface area contributed by atoms with Crippen molar-refractivity contribution in [2.45, 2.75) is 40.0 Å². The maximum atomic E-state index is 11.8. The van der Waals surface area contributed by atoms with Gasteiger partial charge in [-0.25, -0.2) is 4.79 Å². The lowest BCUT2D eigenvalue weighted by molar-refractivity contribution is 0.0521. The highest BCUT2D eigenvalue weighted by molar-refractivity contribution is 5.92. The van der Waals surface area contributed by atoms with Gasteiger partial charge in [-0.1, -0.05) is 25.8 Å². The number of aryl methyl sites for hydroxylation is 1. The number of carbonyl (C=O) groups excluding carboxylic acids is 1. The molecule has 18 heavy (non-hydrogen) atoms. The van der Waals surface area contributed by atoms with Crippen LogP contribution in [0.1, 0.15) is 49.0 Å². The Morgan fingerprint density at radius 3 is 2.67 bits per heavy atom. The van der Waals surface area contributed by atoms with Gasteiger partial charge in [-0.05, 0) is 38.0 Å². The first kappa shape index (κ1) is 14.6. The first-order valence-corrected chi connectivity index (χ1v) is 6.59. The normalized spacial score (nSPS) is 10.2.